The van der Waals surface area contributed by atoms with Crippen LogP contribution in [0.4, 0.5) is 28.7 Å². The molecule has 1 saturated heterocycles. The number of carbonyl (C=O) groups excluding carboxylic acids is 1. The lowest BCUT2D eigenvalue weighted by Gasteiger charge is -2.31. The van der Waals surface area contributed by atoms with E-state index >= 15 is 0 Å². The summed E-state index contributed by atoms with van der Waals surface area (Å²) in [4.78, 5) is 24.5. The van der Waals surface area contributed by atoms with Gasteiger partial charge in [0.05, 0.1) is 37.5 Å². The number of para-hydroxylation sites is 2. The molecule has 1 aliphatic heterocycles. The van der Waals surface area contributed by atoms with E-state index in [4.69, 9.17) is 19.4 Å². The van der Waals surface area contributed by atoms with E-state index in [0.717, 1.165) is 30.2 Å². The number of likely N-dealkylation sites (tertiary alicyclic amines) is 1. The molecule has 1 fully saturated rings. The highest BCUT2D eigenvalue weighted by atomic mass is 32.2. The molecule has 4 aromatic rings. The number of hydrogen-bond donors (Lipinski definition) is 4. The van der Waals surface area contributed by atoms with Gasteiger partial charge in [0.15, 0.2) is 11.6 Å². The van der Waals surface area contributed by atoms with Crippen molar-refractivity contribution in [1.82, 2.24) is 20.2 Å². The smallest absolute Gasteiger partial charge is 0.268 e. The number of hydrogen-bond acceptors (Lipinski definition) is 9. The number of carbonyl (C=O) groups is 1. The lowest BCUT2D eigenvalue weighted by Crippen LogP contribution is -2.44. The molecule has 0 radical (unpaired) electrons. The van der Waals surface area contributed by atoms with E-state index in [1.54, 1.807) is 68.8 Å². The Balaban J connectivity index is 1.46. The average Bonchev–Trinajstić information content (AvgIpc) is 3.01. The average molecular weight is 606 g/mol. The number of benzene rings is 3. The molecule has 2 heterocycles. The van der Waals surface area contributed by atoms with E-state index < -0.39 is 11.3 Å². The zero-order valence-electron chi connectivity index (χ0n) is 24.2. The summed E-state index contributed by atoms with van der Waals surface area (Å²) in [6.45, 7) is 1.95. The number of piperidine rings is 1. The van der Waals surface area contributed by atoms with Crippen LogP contribution in [0.2, 0.25) is 0 Å². The standard InChI is InChI=1S/C30H35N7O5S/c1-31-20-11-13-36(14-12-20)19-28(38)32-21-7-6-8-23(15-21)37(43(39)40)30-29(34-26-9-4-5-10-27(26)35-30)33-22-16-24(41-2)18-25(17-22)42-3/h4-10,15-18,20,31H,11-14,19H2,1-3H3,(H,32,38)(H,33,34)(H,39,40). The maximum Gasteiger partial charge on any atom is 0.268 e. The van der Waals surface area contributed by atoms with Crippen molar-refractivity contribution in [2.45, 2.75) is 18.9 Å². The van der Waals surface area contributed by atoms with Crippen molar-refractivity contribution in [1.29, 1.82) is 0 Å². The van der Waals surface area contributed by atoms with Crippen molar-refractivity contribution in [3.63, 3.8) is 0 Å². The lowest BCUT2D eigenvalue weighted by molar-refractivity contribution is -0.117. The SMILES string of the molecule is CNC1CCN(CC(=O)Nc2cccc(N(c3nc4ccccc4nc3Nc3cc(OC)cc(OC)c3)S(=O)O)c2)CC1. The van der Waals surface area contributed by atoms with E-state index in [0.29, 0.717) is 45.6 Å². The fraction of sp³-hybridized carbons (Fsp3) is 0.300. The molecule has 12 nitrogen and oxygen atoms in total. The molecule has 1 aromatic heterocycles. The quantitative estimate of drug-likeness (QED) is 0.183. The summed E-state index contributed by atoms with van der Waals surface area (Å²) < 4.78 is 35.4. The van der Waals surface area contributed by atoms with Gasteiger partial charge in [0.25, 0.3) is 11.3 Å². The van der Waals surface area contributed by atoms with E-state index in [9.17, 15) is 13.6 Å². The second-order valence-corrected chi connectivity index (χ2v) is 10.9. The van der Waals surface area contributed by atoms with E-state index in [2.05, 4.69) is 20.9 Å². The van der Waals surface area contributed by atoms with Crippen LogP contribution in [0, 0.1) is 0 Å². The Morgan fingerprint density at radius 1 is 0.977 bits per heavy atom. The molecule has 0 saturated carbocycles. The van der Waals surface area contributed by atoms with Gasteiger partial charge in [-0.25, -0.2) is 18.5 Å². The maximum atomic E-state index is 12.9. The highest BCUT2D eigenvalue weighted by Gasteiger charge is 2.24. The molecule has 43 heavy (non-hydrogen) atoms. The first-order valence-corrected chi connectivity index (χ1v) is 14.9. The maximum absolute atomic E-state index is 12.9. The third kappa shape index (κ3) is 7.38. The highest BCUT2D eigenvalue weighted by molar-refractivity contribution is 7.81. The molecule has 1 atom stereocenters. The summed E-state index contributed by atoms with van der Waals surface area (Å²) >= 11 is -2.54. The monoisotopic (exact) mass is 605 g/mol. The highest BCUT2D eigenvalue weighted by Crippen LogP contribution is 2.36. The predicted octanol–water partition coefficient (Wildman–Crippen LogP) is 4.29. The molecule has 0 bridgehead atoms. The third-order valence-corrected chi connectivity index (χ3v) is 7.94. The molecule has 1 aliphatic rings. The Labute approximate surface area is 252 Å². The van der Waals surface area contributed by atoms with Gasteiger partial charge in [0, 0.05) is 48.7 Å². The number of fused-ring (bicyclic) bond motifs is 1. The first-order valence-electron chi connectivity index (χ1n) is 13.8. The van der Waals surface area contributed by atoms with Crippen LogP contribution in [0.5, 0.6) is 11.5 Å². The number of aromatic nitrogens is 2. The molecule has 5 rings (SSSR count). The topological polar surface area (TPSA) is 141 Å². The van der Waals surface area contributed by atoms with Crippen molar-refractivity contribution in [2.75, 3.05) is 55.8 Å². The van der Waals surface area contributed by atoms with Gasteiger partial charge in [0.2, 0.25) is 5.91 Å². The zero-order chi connectivity index (χ0) is 30.3. The molecule has 0 aliphatic carbocycles. The van der Waals surface area contributed by atoms with Crippen LogP contribution in [0.15, 0.2) is 66.7 Å². The lowest BCUT2D eigenvalue weighted by atomic mass is 10.1. The van der Waals surface area contributed by atoms with Gasteiger partial charge in [-0.3, -0.25) is 14.2 Å². The second kappa shape index (κ2) is 13.8. The van der Waals surface area contributed by atoms with Crippen LogP contribution in [0.25, 0.3) is 11.0 Å². The Morgan fingerprint density at radius 2 is 1.65 bits per heavy atom. The summed E-state index contributed by atoms with van der Waals surface area (Å²) in [6.07, 6.45) is 1.98. The molecule has 1 unspecified atom stereocenters. The molecule has 0 spiro atoms. The normalized spacial score (nSPS) is 14.7. The number of rotatable bonds is 11. The minimum atomic E-state index is -2.54. The number of nitrogens with one attached hydrogen (secondary N) is 3. The molecule has 1 amide bonds. The molecule has 13 heteroatoms. The van der Waals surface area contributed by atoms with Gasteiger partial charge in [-0.1, -0.05) is 18.2 Å². The molecule has 3 aromatic carbocycles. The third-order valence-electron chi connectivity index (χ3n) is 7.24. The Kier molecular flexibility index (Phi) is 9.67. The summed E-state index contributed by atoms with van der Waals surface area (Å²) in [5.41, 5.74) is 2.53. The fourth-order valence-electron chi connectivity index (χ4n) is 5.01. The molecular formula is C30H35N7O5S. The van der Waals surface area contributed by atoms with Crippen LogP contribution >= 0.6 is 0 Å². The van der Waals surface area contributed by atoms with E-state index in [-0.39, 0.29) is 24.1 Å². The predicted molar refractivity (Wildman–Crippen MR) is 169 cm³/mol. The summed E-state index contributed by atoms with van der Waals surface area (Å²) in [5.74, 6) is 1.29. The summed E-state index contributed by atoms with van der Waals surface area (Å²) in [6, 6.07) is 19.7. The van der Waals surface area contributed by atoms with Crippen LogP contribution < -0.4 is 29.7 Å². The largest absolute Gasteiger partial charge is 0.497 e. The minimum absolute atomic E-state index is 0.109. The van der Waals surface area contributed by atoms with Gasteiger partial charge < -0.3 is 25.4 Å². The number of amides is 1. The van der Waals surface area contributed by atoms with Gasteiger partial charge in [0.1, 0.15) is 11.5 Å². The first kappa shape index (κ1) is 30.2. The van der Waals surface area contributed by atoms with E-state index in [1.165, 1.54) is 0 Å². The van der Waals surface area contributed by atoms with Crippen molar-refractivity contribution in [2.24, 2.45) is 0 Å². The van der Waals surface area contributed by atoms with Crippen LogP contribution in [0.1, 0.15) is 12.8 Å². The first-order chi connectivity index (χ1) is 20.9. The fourth-order valence-corrected chi connectivity index (χ4v) is 5.58. The Hall–Kier alpha value is -4.30. The van der Waals surface area contributed by atoms with Gasteiger partial charge >= 0.3 is 0 Å². The van der Waals surface area contributed by atoms with Crippen molar-refractivity contribution < 1.29 is 23.0 Å². The summed E-state index contributed by atoms with van der Waals surface area (Å²) in [5, 5.41) is 9.44. The van der Waals surface area contributed by atoms with Crippen LogP contribution in [-0.2, 0) is 16.1 Å². The zero-order valence-corrected chi connectivity index (χ0v) is 25.1. The Morgan fingerprint density at radius 3 is 2.28 bits per heavy atom. The van der Waals surface area contributed by atoms with Crippen molar-refractivity contribution >= 4 is 56.9 Å². The number of nitrogens with zero attached hydrogens (tertiary/aromatic N) is 4. The Bertz CT molecular complexity index is 1590. The van der Waals surface area contributed by atoms with Crippen molar-refractivity contribution in [3.05, 3.63) is 66.7 Å². The molecule has 226 valence electrons. The second-order valence-electron chi connectivity index (χ2n) is 10.1. The van der Waals surface area contributed by atoms with Gasteiger partial charge in [-0.05, 0) is 50.2 Å². The van der Waals surface area contributed by atoms with Gasteiger partial charge in [-0.2, -0.15) is 0 Å². The van der Waals surface area contributed by atoms with E-state index in [1.807, 2.05) is 19.2 Å². The minimum Gasteiger partial charge on any atom is -0.497 e. The number of anilines is 5. The summed E-state index contributed by atoms with van der Waals surface area (Å²) in [7, 11) is 5.06. The van der Waals surface area contributed by atoms with Crippen LogP contribution in [-0.4, -0.2) is 76.5 Å². The van der Waals surface area contributed by atoms with Crippen molar-refractivity contribution in [3.8, 4) is 11.5 Å². The molecular weight excluding hydrogens is 570 g/mol. The van der Waals surface area contributed by atoms with Crippen LogP contribution in [0.3, 0.4) is 0 Å². The van der Waals surface area contributed by atoms with Gasteiger partial charge in [-0.15, -0.1) is 0 Å². The molecule has 4 N–H and O–H groups in total. The number of methoxy groups -OCH3 is 2. The number of ether oxygens (including phenoxy) is 2.